The van der Waals surface area contributed by atoms with Crippen LogP contribution < -0.4 is 9.64 Å². The van der Waals surface area contributed by atoms with Crippen LogP contribution in [0.1, 0.15) is 41.3 Å². The number of nitrogens with zero attached hydrogens (tertiary/aromatic N) is 4. The first-order valence-electron chi connectivity index (χ1n) is 9.81. The Morgan fingerprint density at radius 2 is 1.84 bits per heavy atom. The minimum absolute atomic E-state index is 0.0782. The lowest BCUT2D eigenvalue weighted by Crippen LogP contribution is -2.25. The number of aryl methyl sites for hydroxylation is 1. The van der Waals surface area contributed by atoms with Gasteiger partial charge in [-0.15, -0.1) is 0 Å². The molecule has 1 aliphatic rings. The first-order valence-corrected chi connectivity index (χ1v) is 9.81. The second-order valence-electron chi connectivity index (χ2n) is 7.38. The minimum atomic E-state index is -4.40. The third-order valence-electron chi connectivity index (χ3n) is 5.23. The molecule has 4 rings (SSSR count). The Morgan fingerprint density at radius 3 is 2.52 bits per heavy atom. The molecule has 0 aliphatic carbocycles. The molecule has 2 aromatic heterocycles. The van der Waals surface area contributed by atoms with Crippen molar-refractivity contribution in [3.63, 3.8) is 0 Å². The highest BCUT2D eigenvalue weighted by Gasteiger charge is 2.33. The van der Waals surface area contributed by atoms with Crippen LogP contribution in [0.5, 0.6) is 5.88 Å². The van der Waals surface area contributed by atoms with E-state index in [1.165, 1.54) is 18.5 Å². The van der Waals surface area contributed by atoms with Crippen LogP contribution in [0.15, 0.2) is 48.9 Å². The zero-order valence-corrected chi connectivity index (χ0v) is 16.7. The molecule has 9 heteroatoms. The number of halogens is 4. The van der Waals surface area contributed by atoms with E-state index in [4.69, 9.17) is 4.74 Å². The Kier molecular flexibility index (Phi) is 5.75. The van der Waals surface area contributed by atoms with Crippen LogP contribution in [0.2, 0.25) is 0 Å². The predicted molar refractivity (Wildman–Crippen MR) is 106 cm³/mol. The van der Waals surface area contributed by atoms with Crippen molar-refractivity contribution >= 4 is 5.82 Å². The van der Waals surface area contributed by atoms with E-state index in [-0.39, 0.29) is 24.3 Å². The van der Waals surface area contributed by atoms with Crippen LogP contribution in [0.3, 0.4) is 0 Å². The highest BCUT2D eigenvalue weighted by Crippen LogP contribution is 2.38. The first kappa shape index (κ1) is 21.0. The van der Waals surface area contributed by atoms with Crippen molar-refractivity contribution in [1.82, 2.24) is 15.0 Å². The molecular formula is C22H20F4N4O. The van der Waals surface area contributed by atoms with E-state index in [1.54, 1.807) is 11.1 Å². The Bertz CT molecular complexity index is 1040. The molecule has 31 heavy (non-hydrogen) atoms. The topological polar surface area (TPSA) is 51.1 Å². The number of hydrogen-bond donors (Lipinski definition) is 0. The molecule has 3 aromatic rings. The largest absolute Gasteiger partial charge is 0.471 e. The predicted octanol–water partition coefficient (Wildman–Crippen LogP) is 5.26. The lowest BCUT2D eigenvalue weighted by atomic mass is 10.0. The number of anilines is 1. The number of rotatable bonds is 5. The van der Waals surface area contributed by atoms with Crippen LogP contribution in [0, 0.1) is 12.7 Å². The van der Waals surface area contributed by atoms with Gasteiger partial charge in [0.05, 0.1) is 11.6 Å². The number of ether oxygens (including phenoxy) is 1. The second kappa shape index (κ2) is 8.49. The molecule has 162 valence electrons. The summed E-state index contributed by atoms with van der Waals surface area (Å²) in [7, 11) is 0. The molecule has 0 saturated carbocycles. The van der Waals surface area contributed by atoms with Crippen molar-refractivity contribution < 1.29 is 22.3 Å². The third-order valence-corrected chi connectivity index (χ3v) is 5.23. The van der Waals surface area contributed by atoms with Crippen LogP contribution in [-0.2, 0) is 12.8 Å². The zero-order chi connectivity index (χ0) is 22.0. The Morgan fingerprint density at radius 1 is 1.06 bits per heavy atom. The number of benzene rings is 1. The summed E-state index contributed by atoms with van der Waals surface area (Å²) >= 11 is 0. The fraction of sp³-hybridized carbons (Fsp3) is 0.318. The van der Waals surface area contributed by atoms with Crippen molar-refractivity contribution in [1.29, 1.82) is 0 Å². The van der Waals surface area contributed by atoms with Gasteiger partial charge in [0.15, 0.2) is 5.82 Å². The van der Waals surface area contributed by atoms with Gasteiger partial charge in [-0.1, -0.05) is 18.2 Å². The lowest BCUT2D eigenvalue weighted by molar-refractivity contribution is -0.137. The molecule has 0 radical (unpaired) electrons. The average Bonchev–Trinajstić information content (AvgIpc) is 3.23. The number of pyridine rings is 1. The molecule has 1 unspecified atom stereocenters. The van der Waals surface area contributed by atoms with Crippen molar-refractivity contribution in [2.75, 3.05) is 11.4 Å². The minimum Gasteiger partial charge on any atom is -0.471 e. The molecule has 5 nitrogen and oxygen atoms in total. The standard InChI is InChI=1S/C22H20F4N4O/c1-14-4-5-15(11-27-14)12-31-21-19(23)20(28-13-29-21)30-10-2-3-18(30)16-6-8-17(9-7-16)22(24,25)26/h4-9,11,13,18H,2-3,10,12H2,1H3. The fourth-order valence-corrected chi connectivity index (χ4v) is 3.64. The lowest BCUT2D eigenvalue weighted by Gasteiger charge is -2.26. The van der Waals surface area contributed by atoms with Crippen molar-refractivity contribution in [3.8, 4) is 5.88 Å². The van der Waals surface area contributed by atoms with E-state index in [0.29, 0.717) is 18.5 Å². The quantitative estimate of drug-likeness (QED) is 0.515. The summed E-state index contributed by atoms with van der Waals surface area (Å²) in [5.74, 6) is -0.792. The van der Waals surface area contributed by atoms with Crippen LogP contribution in [0.4, 0.5) is 23.4 Å². The van der Waals surface area contributed by atoms with E-state index in [9.17, 15) is 13.2 Å². The normalized spacial score (nSPS) is 16.5. The number of hydrogen-bond acceptors (Lipinski definition) is 5. The summed E-state index contributed by atoms with van der Waals surface area (Å²) in [4.78, 5) is 13.9. The van der Waals surface area contributed by atoms with E-state index in [1.807, 2.05) is 19.1 Å². The molecule has 0 spiro atoms. The van der Waals surface area contributed by atoms with Gasteiger partial charge in [0.25, 0.3) is 5.88 Å². The Labute approximate surface area is 176 Å². The molecule has 1 fully saturated rings. The molecule has 1 atom stereocenters. The summed E-state index contributed by atoms with van der Waals surface area (Å²) < 4.78 is 59.3. The molecule has 1 aliphatic heterocycles. The van der Waals surface area contributed by atoms with Gasteiger partial charge in [0.1, 0.15) is 12.9 Å². The second-order valence-corrected chi connectivity index (χ2v) is 7.38. The van der Waals surface area contributed by atoms with Crippen LogP contribution >= 0.6 is 0 Å². The highest BCUT2D eigenvalue weighted by atomic mass is 19.4. The summed E-state index contributed by atoms with van der Waals surface area (Å²) in [6, 6.07) is 8.36. The van der Waals surface area contributed by atoms with Gasteiger partial charge in [-0.2, -0.15) is 22.5 Å². The number of alkyl halides is 3. The highest BCUT2D eigenvalue weighted by molar-refractivity contribution is 5.47. The summed E-state index contributed by atoms with van der Waals surface area (Å²) in [5.41, 5.74) is 1.60. The fourth-order valence-electron chi connectivity index (χ4n) is 3.64. The van der Waals surface area contributed by atoms with Crippen molar-refractivity contribution in [3.05, 3.63) is 77.1 Å². The molecule has 0 amide bonds. The van der Waals surface area contributed by atoms with E-state index >= 15 is 4.39 Å². The van der Waals surface area contributed by atoms with Gasteiger partial charge >= 0.3 is 6.18 Å². The monoisotopic (exact) mass is 432 g/mol. The van der Waals surface area contributed by atoms with Crippen molar-refractivity contribution in [2.24, 2.45) is 0 Å². The molecule has 0 N–H and O–H groups in total. The van der Waals surface area contributed by atoms with E-state index < -0.39 is 17.6 Å². The summed E-state index contributed by atoms with van der Waals surface area (Å²) in [6.07, 6.45) is -0.0774. The SMILES string of the molecule is Cc1ccc(COc2ncnc(N3CCCC3c3ccc(C(F)(F)F)cc3)c2F)cn1. The van der Waals surface area contributed by atoms with Crippen molar-refractivity contribution in [2.45, 2.75) is 38.6 Å². The summed E-state index contributed by atoms with van der Waals surface area (Å²) in [5, 5.41) is 0. The Balaban J connectivity index is 1.54. The van der Waals surface area contributed by atoms with Gasteiger partial charge in [0, 0.05) is 24.0 Å². The average molecular weight is 432 g/mol. The van der Waals surface area contributed by atoms with Gasteiger partial charge in [-0.25, -0.2) is 4.98 Å². The van der Waals surface area contributed by atoms with Crippen LogP contribution in [0.25, 0.3) is 0 Å². The molecule has 1 aromatic carbocycles. The first-order chi connectivity index (χ1) is 14.8. The molecule has 0 bridgehead atoms. The third kappa shape index (κ3) is 4.60. The number of aromatic nitrogens is 3. The molecular weight excluding hydrogens is 412 g/mol. The maximum atomic E-state index is 15.1. The Hall–Kier alpha value is -3.23. The van der Waals surface area contributed by atoms with E-state index in [2.05, 4.69) is 15.0 Å². The maximum absolute atomic E-state index is 15.1. The maximum Gasteiger partial charge on any atom is 0.416 e. The van der Waals surface area contributed by atoms with Gasteiger partial charge < -0.3 is 9.64 Å². The smallest absolute Gasteiger partial charge is 0.416 e. The van der Waals surface area contributed by atoms with E-state index in [0.717, 1.165) is 29.8 Å². The van der Waals surface area contributed by atoms with Gasteiger partial charge in [-0.05, 0) is 43.5 Å². The van der Waals surface area contributed by atoms with Gasteiger partial charge in [0.2, 0.25) is 5.82 Å². The summed E-state index contributed by atoms with van der Waals surface area (Å²) in [6.45, 7) is 2.49. The van der Waals surface area contributed by atoms with Gasteiger partial charge in [-0.3, -0.25) is 4.98 Å². The molecule has 1 saturated heterocycles. The molecule has 3 heterocycles. The van der Waals surface area contributed by atoms with Crippen LogP contribution in [-0.4, -0.2) is 21.5 Å². The zero-order valence-electron chi connectivity index (χ0n) is 16.7.